The van der Waals surface area contributed by atoms with E-state index in [1.54, 1.807) is 60.3 Å². The van der Waals surface area contributed by atoms with E-state index >= 15 is 0 Å². The first-order chi connectivity index (χ1) is 15.8. The molecule has 0 bridgehead atoms. The fourth-order valence-electron chi connectivity index (χ4n) is 5.02. The molecule has 0 spiro atoms. The Morgan fingerprint density at radius 2 is 1.79 bits per heavy atom. The number of fused-ring (bicyclic) bond motifs is 1. The van der Waals surface area contributed by atoms with Gasteiger partial charge in [-0.1, -0.05) is 42.6 Å². The molecule has 2 fully saturated rings. The Labute approximate surface area is 199 Å². The van der Waals surface area contributed by atoms with Crippen molar-refractivity contribution in [2.45, 2.75) is 50.6 Å². The second-order valence-corrected chi connectivity index (χ2v) is 9.67. The van der Waals surface area contributed by atoms with Gasteiger partial charge in [-0.2, -0.15) is 0 Å². The number of nitrogens with zero attached hydrogens (tertiary/aromatic N) is 2. The summed E-state index contributed by atoms with van der Waals surface area (Å²) in [6.07, 6.45) is 5.18. The number of anilines is 1. The van der Waals surface area contributed by atoms with Crippen molar-refractivity contribution >= 4 is 35.0 Å². The van der Waals surface area contributed by atoms with Crippen molar-refractivity contribution in [3.63, 3.8) is 0 Å². The lowest BCUT2D eigenvalue weighted by molar-refractivity contribution is -0.128. The molecule has 2 aromatic carbocycles. The minimum atomic E-state index is -0.514. The van der Waals surface area contributed by atoms with E-state index in [-0.39, 0.29) is 23.8 Å². The molecule has 2 aliphatic rings. The van der Waals surface area contributed by atoms with Gasteiger partial charge in [0.05, 0.1) is 6.42 Å². The van der Waals surface area contributed by atoms with Crippen LogP contribution in [0.25, 0.3) is 0 Å². The summed E-state index contributed by atoms with van der Waals surface area (Å²) in [5.74, 6) is 0.0639. The molecule has 7 heteroatoms. The molecule has 1 N–H and O–H groups in total. The minimum absolute atomic E-state index is 0.0236. The summed E-state index contributed by atoms with van der Waals surface area (Å²) in [5, 5.41) is 3.50. The molecular formula is C26H30ClN3O3. The average Bonchev–Trinajstić information content (AvgIpc) is 3.19. The monoisotopic (exact) mass is 467 g/mol. The predicted molar refractivity (Wildman–Crippen MR) is 129 cm³/mol. The number of rotatable bonds is 5. The van der Waals surface area contributed by atoms with Crippen LogP contribution in [-0.2, 0) is 16.0 Å². The topological polar surface area (TPSA) is 69.7 Å². The Hall–Kier alpha value is -2.86. The number of hydrogen-bond donors (Lipinski definition) is 1. The molecule has 1 heterocycles. The van der Waals surface area contributed by atoms with Gasteiger partial charge in [-0.15, -0.1) is 0 Å². The normalized spacial score (nSPS) is 21.9. The molecule has 0 radical (unpaired) electrons. The van der Waals surface area contributed by atoms with E-state index in [9.17, 15) is 14.4 Å². The number of nitrogens with one attached hydrogen (secondary N) is 1. The molecule has 1 aliphatic carbocycles. The van der Waals surface area contributed by atoms with E-state index in [0.29, 0.717) is 35.0 Å². The van der Waals surface area contributed by atoms with Crippen LogP contribution in [0.15, 0.2) is 48.5 Å². The predicted octanol–water partition coefficient (Wildman–Crippen LogP) is 4.38. The van der Waals surface area contributed by atoms with Gasteiger partial charge in [-0.25, -0.2) is 0 Å². The number of likely N-dealkylation sites (tertiary alicyclic amines) is 1. The van der Waals surface area contributed by atoms with Crippen molar-refractivity contribution < 1.29 is 14.4 Å². The van der Waals surface area contributed by atoms with Crippen molar-refractivity contribution in [1.29, 1.82) is 0 Å². The SMILES string of the molecule is CN(C)C(=O)Cc1ccc(NC(=O)C2CC3CCCCC3N2C(=O)c2cccc(Cl)c2)cc1. The fraction of sp³-hybridized carbons (Fsp3) is 0.423. The maximum atomic E-state index is 13.5. The minimum Gasteiger partial charge on any atom is -0.349 e. The quantitative estimate of drug-likeness (QED) is 0.709. The highest BCUT2D eigenvalue weighted by Gasteiger charge is 2.47. The van der Waals surface area contributed by atoms with Gasteiger partial charge in [-0.3, -0.25) is 14.4 Å². The van der Waals surface area contributed by atoms with Crippen LogP contribution in [-0.4, -0.2) is 53.7 Å². The lowest BCUT2D eigenvalue weighted by Crippen LogP contribution is -2.47. The molecule has 1 saturated carbocycles. The van der Waals surface area contributed by atoms with Gasteiger partial charge < -0.3 is 15.1 Å². The summed E-state index contributed by atoms with van der Waals surface area (Å²) in [4.78, 5) is 42.1. The highest BCUT2D eigenvalue weighted by molar-refractivity contribution is 6.31. The Balaban J connectivity index is 1.51. The summed E-state index contributed by atoms with van der Waals surface area (Å²) < 4.78 is 0. The molecular weight excluding hydrogens is 438 g/mol. The lowest BCUT2D eigenvalue weighted by Gasteiger charge is -2.33. The summed E-state index contributed by atoms with van der Waals surface area (Å²) >= 11 is 6.13. The molecule has 33 heavy (non-hydrogen) atoms. The van der Waals surface area contributed by atoms with Gasteiger partial charge in [0.15, 0.2) is 0 Å². The first-order valence-corrected chi connectivity index (χ1v) is 11.9. The number of carbonyl (C=O) groups is 3. The molecule has 2 aromatic rings. The maximum Gasteiger partial charge on any atom is 0.254 e. The Bertz CT molecular complexity index is 1040. The van der Waals surface area contributed by atoms with Gasteiger partial charge in [0, 0.05) is 36.4 Å². The van der Waals surface area contributed by atoms with Crippen LogP contribution in [0.3, 0.4) is 0 Å². The molecule has 6 nitrogen and oxygen atoms in total. The van der Waals surface area contributed by atoms with E-state index in [1.165, 1.54) is 0 Å². The summed E-state index contributed by atoms with van der Waals surface area (Å²) in [6.45, 7) is 0. The average molecular weight is 468 g/mol. The van der Waals surface area contributed by atoms with Gasteiger partial charge in [0.2, 0.25) is 11.8 Å². The number of amides is 3. The van der Waals surface area contributed by atoms with Crippen molar-refractivity contribution in [2.24, 2.45) is 5.92 Å². The molecule has 1 saturated heterocycles. The number of carbonyl (C=O) groups excluding carboxylic acids is 3. The van der Waals surface area contributed by atoms with E-state index < -0.39 is 6.04 Å². The Morgan fingerprint density at radius 3 is 2.48 bits per heavy atom. The van der Waals surface area contributed by atoms with Crippen molar-refractivity contribution in [3.8, 4) is 0 Å². The number of halogens is 1. The third kappa shape index (κ3) is 5.22. The fourth-order valence-corrected chi connectivity index (χ4v) is 5.21. The zero-order valence-electron chi connectivity index (χ0n) is 19.1. The van der Waals surface area contributed by atoms with E-state index in [1.807, 2.05) is 12.1 Å². The molecule has 3 unspecified atom stereocenters. The third-order valence-electron chi connectivity index (χ3n) is 6.77. The van der Waals surface area contributed by atoms with Crippen LogP contribution >= 0.6 is 11.6 Å². The van der Waals surface area contributed by atoms with E-state index in [0.717, 1.165) is 31.2 Å². The smallest absolute Gasteiger partial charge is 0.254 e. The number of likely N-dealkylation sites (N-methyl/N-ethyl adjacent to an activating group) is 1. The van der Waals surface area contributed by atoms with Crippen LogP contribution < -0.4 is 5.32 Å². The van der Waals surface area contributed by atoms with Gasteiger partial charge in [-0.05, 0) is 61.1 Å². The summed E-state index contributed by atoms with van der Waals surface area (Å²) in [5.41, 5.74) is 2.06. The Kier molecular flexibility index (Phi) is 7.03. The second-order valence-electron chi connectivity index (χ2n) is 9.24. The Morgan fingerprint density at radius 1 is 1.06 bits per heavy atom. The zero-order chi connectivity index (χ0) is 23.5. The van der Waals surface area contributed by atoms with Crippen molar-refractivity contribution in [2.75, 3.05) is 19.4 Å². The van der Waals surface area contributed by atoms with E-state index in [4.69, 9.17) is 11.6 Å². The van der Waals surface area contributed by atoms with Crippen LogP contribution in [0, 0.1) is 5.92 Å². The van der Waals surface area contributed by atoms with E-state index in [2.05, 4.69) is 5.32 Å². The molecule has 1 aliphatic heterocycles. The largest absolute Gasteiger partial charge is 0.349 e. The number of hydrogen-bond acceptors (Lipinski definition) is 3. The second kappa shape index (κ2) is 9.96. The van der Waals surface area contributed by atoms with Crippen LogP contribution in [0.2, 0.25) is 5.02 Å². The maximum absolute atomic E-state index is 13.5. The van der Waals surface area contributed by atoms with Crippen molar-refractivity contribution in [1.82, 2.24) is 9.80 Å². The highest BCUT2D eigenvalue weighted by Crippen LogP contribution is 2.41. The standard InChI is InChI=1S/C26H30ClN3O3/c1-29(2)24(31)14-17-10-12-21(13-11-17)28-25(32)23-16-18-6-3-4-9-22(18)30(23)26(33)19-7-5-8-20(27)15-19/h5,7-8,10-13,15,18,22-23H,3-4,6,9,14,16H2,1-2H3,(H,28,32). The van der Waals surface area contributed by atoms with Crippen LogP contribution in [0.1, 0.15) is 48.0 Å². The molecule has 0 aromatic heterocycles. The van der Waals surface area contributed by atoms with Crippen molar-refractivity contribution in [3.05, 3.63) is 64.7 Å². The van der Waals surface area contributed by atoms with Crippen LogP contribution in [0.5, 0.6) is 0 Å². The van der Waals surface area contributed by atoms with Gasteiger partial charge >= 0.3 is 0 Å². The molecule has 174 valence electrons. The first-order valence-electron chi connectivity index (χ1n) is 11.5. The van der Waals surface area contributed by atoms with Gasteiger partial charge in [0.1, 0.15) is 6.04 Å². The summed E-state index contributed by atoms with van der Waals surface area (Å²) in [7, 11) is 3.46. The first kappa shape index (κ1) is 23.3. The molecule has 3 atom stereocenters. The van der Waals surface area contributed by atoms with Gasteiger partial charge in [0.25, 0.3) is 5.91 Å². The lowest BCUT2D eigenvalue weighted by atomic mass is 9.84. The highest BCUT2D eigenvalue weighted by atomic mass is 35.5. The number of benzene rings is 2. The third-order valence-corrected chi connectivity index (χ3v) is 7.01. The van der Waals surface area contributed by atoms with Crippen LogP contribution in [0.4, 0.5) is 5.69 Å². The molecule has 4 rings (SSSR count). The summed E-state index contributed by atoms with van der Waals surface area (Å²) in [6, 6.07) is 13.8. The molecule has 3 amide bonds. The zero-order valence-corrected chi connectivity index (χ0v) is 19.8.